The predicted molar refractivity (Wildman–Crippen MR) is 169 cm³/mol. The van der Waals surface area contributed by atoms with Crippen LogP contribution >= 0.6 is 0 Å². The van der Waals surface area contributed by atoms with Crippen LogP contribution in [0.2, 0.25) is 0 Å². The van der Waals surface area contributed by atoms with Gasteiger partial charge in [0.2, 0.25) is 0 Å². The highest BCUT2D eigenvalue weighted by atomic mass is 16.6. The quantitative estimate of drug-likeness (QED) is 0.215. The number of phenolic OH excluding ortho intramolecular Hbond substituents is 3. The van der Waals surface area contributed by atoms with Crippen molar-refractivity contribution in [2.45, 2.75) is 65.3 Å². The lowest BCUT2D eigenvalue weighted by atomic mass is 9.77. The van der Waals surface area contributed by atoms with Gasteiger partial charge >= 0.3 is 11.9 Å². The van der Waals surface area contributed by atoms with Gasteiger partial charge in [-0.1, -0.05) is 0 Å². The molecular formula is C35H36O12. The molecule has 47 heavy (non-hydrogen) atoms. The molecule has 6 rings (SSSR count). The van der Waals surface area contributed by atoms with Gasteiger partial charge in [-0.05, 0) is 37.1 Å². The smallest absolute Gasteiger partial charge is 0.303 e. The second-order valence-electron chi connectivity index (χ2n) is 11.6. The molecule has 2 aliphatic heterocycles. The molecule has 12 heteroatoms. The maximum absolute atomic E-state index is 12.6. The van der Waals surface area contributed by atoms with Crippen molar-refractivity contribution in [3.63, 3.8) is 0 Å². The topological polar surface area (TPSA) is 159 Å². The van der Waals surface area contributed by atoms with Gasteiger partial charge in [0, 0.05) is 59.0 Å². The standard InChI is InChI=1S/C35H36O12/c1-14-34(46-16(3)36)30-22(12-44-14)32(39)26-20(8-18(38)9-24(26)42-6)28(30)29-21-10-19(41-5)11-25(43-7)27(21)33(40)23-13-45-15(2)35(31(23)29)47-17(4)37/h8-11,14-15,34-35,38-40H,12-13H2,1-7H3. The number of rotatable bonds is 6. The third kappa shape index (κ3) is 5.08. The maximum atomic E-state index is 12.6. The zero-order chi connectivity index (χ0) is 33.9. The molecule has 248 valence electrons. The van der Waals surface area contributed by atoms with E-state index < -0.39 is 36.4 Å². The number of hydrogen-bond donors (Lipinski definition) is 3. The van der Waals surface area contributed by atoms with Crippen LogP contribution in [0.3, 0.4) is 0 Å². The summed E-state index contributed by atoms with van der Waals surface area (Å²) in [7, 11) is 4.37. The van der Waals surface area contributed by atoms with Crippen molar-refractivity contribution >= 4 is 33.5 Å². The van der Waals surface area contributed by atoms with E-state index in [-0.39, 0.29) is 47.3 Å². The lowest BCUT2D eigenvalue weighted by Gasteiger charge is -2.37. The van der Waals surface area contributed by atoms with Crippen molar-refractivity contribution in [2.24, 2.45) is 0 Å². The van der Waals surface area contributed by atoms with Crippen LogP contribution in [0.15, 0.2) is 24.3 Å². The fourth-order valence-corrected chi connectivity index (χ4v) is 6.86. The number of hydrogen-bond acceptors (Lipinski definition) is 12. The first kappa shape index (κ1) is 32.0. The van der Waals surface area contributed by atoms with Crippen molar-refractivity contribution < 1.29 is 58.1 Å². The third-order valence-electron chi connectivity index (χ3n) is 8.85. The van der Waals surface area contributed by atoms with Gasteiger partial charge in [0.25, 0.3) is 0 Å². The van der Waals surface area contributed by atoms with E-state index in [4.69, 9.17) is 33.2 Å². The normalized spacial score (nSPS) is 20.3. The van der Waals surface area contributed by atoms with Crippen LogP contribution in [0.4, 0.5) is 0 Å². The second-order valence-corrected chi connectivity index (χ2v) is 11.6. The molecule has 0 spiro atoms. The Morgan fingerprint density at radius 3 is 1.55 bits per heavy atom. The summed E-state index contributed by atoms with van der Waals surface area (Å²) in [5.41, 5.74) is 2.38. The Hall–Kier alpha value is -4.94. The number of methoxy groups -OCH3 is 3. The summed E-state index contributed by atoms with van der Waals surface area (Å²) in [5.74, 6) is -0.808. The van der Waals surface area contributed by atoms with Gasteiger partial charge < -0.3 is 48.5 Å². The molecular weight excluding hydrogens is 612 g/mol. The number of esters is 2. The molecule has 4 atom stereocenters. The van der Waals surface area contributed by atoms with Crippen LogP contribution < -0.4 is 14.2 Å². The summed E-state index contributed by atoms with van der Waals surface area (Å²) >= 11 is 0. The Labute approximate surface area is 270 Å². The minimum atomic E-state index is -1.02. The van der Waals surface area contributed by atoms with E-state index in [1.165, 1.54) is 47.3 Å². The minimum absolute atomic E-state index is 0.0438. The fourth-order valence-electron chi connectivity index (χ4n) is 6.86. The zero-order valence-electron chi connectivity index (χ0n) is 27.0. The van der Waals surface area contributed by atoms with E-state index in [1.54, 1.807) is 26.0 Å². The SMILES string of the molecule is COc1cc(OC)c2c(O)c3c(c(-c4c5c(c(O)c6c(OC)cc(O)cc46)COC(C)C5OC(C)=O)c2c1)C(OC(C)=O)C(C)OC3. The maximum Gasteiger partial charge on any atom is 0.303 e. The number of fused-ring (bicyclic) bond motifs is 4. The number of carbonyl (C=O) groups is 2. The molecule has 0 aliphatic carbocycles. The van der Waals surface area contributed by atoms with Crippen LogP contribution in [-0.4, -0.2) is 60.8 Å². The Bertz CT molecular complexity index is 1950. The summed E-state index contributed by atoms with van der Waals surface area (Å²) in [4.78, 5) is 25.1. The molecule has 2 heterocycles. The molecule has 0 amide bonds. The zero-order valence-corrected chi connectivity index (χ0v) is 27.0. The van der Waals surface area contributed by atoms with Crippen molar-refractivity contribution in [2.75, 3.05) is 21.3 Å². The van der Waals surface area contributed by atoms with Crippen LogP contribution in [0.1, 0.15) is 62.2 Å². The van der Waals surface area contributed by atoms with Gasteiger partial charge in [0.05, 0.1) is 57.5 Å². The van der Waals surface area contributed by atoms with E-state index in [0.29, 0.717) is 55.3 Å². The number of aromatic hydroxyl groups is 3. The van der Waals surface area contributed by atoms with Gasteiger partial charge in [-0.15, -0.1) is 0 Å². The van der Waals surface area contributed by atoms with Gasteiger partial charge in [-0.3, -0.25) is 9.59 Å². The fraction of sp³-hybridized carbons (Fsp3) is 0.371. The molecule has 0 radical (unpaired) electrons. The minimum Gasteiger partial charge on any atom is -0.508 e. The molecule has 0 bridgehead atoms. The highest BCUT2D eigenvalue weighted by Crippen LogP contribution is 2.57. The molecule has 4 aromatic rings. The van der Waals surface area contributed by atoms with Crippen molar-refractivity contribution in [1.82, 2.24) is 0 Å². The number of ether oxygens (including phenoxy) is 7. The van der Waals surface area contributed by atoms with Crippen LogP contribution in [0, 0.1) is 0 Å². The average molecular weight is 649 g/mol. The van der Waals surface area contributed by atoms with Gasteiger partial charge in [0.15, 0.2) is 12.2 Å². The molecule has 4 unspecified atom stereocenters. The monoisotopic (exact) mass is 648 g/mol. The lowest BCUT2D eigenvalue weighted by Crippen LogP contribution is -2.31. The lowest BCUT2D eigenvalue weighted by molar-refractivity contribution is -0.158. The molecule has 0 aromatic heterocycles. The van der Waals surface area contributed by atoms with Gasteiger partial charge in [-0.25, -0.2) is 0 Å². The Morgan fingerprint density at radius 1 is 0.681 bits per heavy atom. The van der Waals surface area contributed by atoms with E-state index >= 15 is 0 Å². The largest absolute Gasteiger partial charge is 0.508 e. The highest BCUT2D eigenvalue weighted by molar-refractivity contribution is 6.15. The van der Waals surface area contributed by atoms with Crippen LogP contribution in [0.25, 0.3) is 32.7 Å². The summed E-state index contributed by atoms with van der Waals surface area (Å²) in [5, 5.41) is 36.1. The second kappa shape index (κ2) is 12.0. The first-order valence-corrected chi connectivity index (χ1v) is 15.0. The average Bonchev–Trinajstić information content (AvgIpc) is 3.03. The van der Waals surface area contributed by atoms with Crippen LogP contribution in [-0.2, 0) is 41.8 Å². The Morgan fingerprint density at radius 2 is 1.13 bits per heavy atom. The molecule has 0 saturated heterocycles. The number of carbonyl (C=O) groups excluding carboxylic acids is 2. The van der Waals surface area contributed by atoms with E-state index in [1.807, 2.05) is 0 Å². The molecule has 0 saturated carbocycles. The predicted octanol–water partition coefficient (Wildman–Crippen LogP) is 5.85. The summed E-state index contributed by atoms with van der Waals surface area (Å²) in [6.07, 6.45) is -3.34. The first-order valence-electron chi connectivity index (χ1n) is 15.0. The molecule has 4 aromatic carbocycles. The molecule has 0 fully saturated rings. The molecule has 3 N–H and O–H groups in total. The third-order valence-corrected chi connectivity index (χ3v) is 8.85. The first-order chi connectivity index (χ1) is 22.4. The number of phenols is 3. The van der Waals surface area contributed by atoms with Crippen molar-refractivity contribution in [3.8, 4) is 45.6 Å². The van der Waals surface area contributed by atoms with Crippen LogP contribution in [0.5, 0.6) is 34.5 Å². The summed E-state index contributed by atoms with van der Waals surface area (Å²) in [6.45, 7) is 5.97. The molecule has 12 nitrogen and oxygen atoms in total. The highest BCUT2D eigenvalue weighted by Gasteiger charge is 2.42. The summed E-state index contributed by atoms with van der Waals surface area (Å²) < 4.78 is 40.9. The van der Waals surface area contributed by atoms with Crippen molar-refractivity contribution in [3.05, 3.63) is 46.5 Å². The van der Waals surface area contributed by atoms with E-state index in [0.717, 1.165) is 0 Å². The van der Waals surface area contributed by atoms with E-state index in [9.17, 15) is 24.9 Å². The summed E-state index contributed by atoms with van der Waals surface area (Å²) in [6, 6.07) is 6.20. The van der Waals surface area contributed by atoms with Gasteiger partial charge in [0.1, 0.15) is 34.5 Å². The van der Waals surface area contributed by atoms with E-state index in [2.05, 4.69) is 0 Å². The Kier molecular flexibility index (Phi) is 8.18. The van der Waals surface area contributed by atoms with Crippen molar-refractivity contribution in [1.29, 1.82) is 0 Å². The van der Waals surface area contributed by atoms with Gasteiger partial charge in [-0.2, -0.15) is 0 Å². The number of benzene rings is 4. The molecule has 2 aliphatic rings. The Balaban J connectivity index is 1.95.